The molecule has 100 valence electrons. The minimum atomic E-state index is -0.230. The van der Waals surface area contributed by atoms with Crippen LogP contribution in [-0.4, -0.2) is 25.3 Å². The van der Waals surface area contributed by atoms with Crippen LogP contribution in [0.5, 0.6) is 11.5 Å². The van der Waals surface area contributed by atoms with Crippen molar-refractivity contribution < 1.29 is 14.7 Å². The van der Waals surface area contributed by atoms with Gasteiger partial charge in [-0.25, -0.2) is 0 Å². The van der Waals surface area contributed by atoms with Gasteiger partial charge in [0.05, 0.1) is 6.42 Å². The zero-order valence-electron chi connectivity index (χ0n) is 10.4. The van der Waals surface area contributed by atoms with Crippen LogP contribution in [0.15, 0.2) is 47.1 Å². The van der Waals surface area contributed by atoms with Crippen molar-refractivity contribution in [3.63, 3.8) is 0 Å². The Bertz CT molecular complexity index is 726. The Hall–Kier alpha value is -2.89. The predicted molar refractivity (Wildman–Crippen MR) is 70.1 cm³/mol. The molecule has 0 aliphatic carbocycles. The first-order valence-electron chi connectivity index (χ1n) is 5.97. The van der Waals surface area contributed by atoms with Crippen LogP contribution in [0.2, 0.25) is 0 Å². The second-order valence-electron chi connectivity index (χ2n) is 4.22. The molecule has 3 aromatic rings. The summed E-state index contributed by atoms with van der Waals surface area (Å²) in [6.07, 6.45) is 2.17. The lowest BCUT2D eigenvalue weighted by Gasteiger charge is -1.98. The first-order valence-corrected chi connectivity index (χ1v) is 5.97. The largest absolute Gasteiger partial charge is 0.504 e. The van der Waals surface area contributed by atoms with Crippen LogP contribution >= 0.6 is 0 Å². The van der Waals surface area contributed by atoms with Crippen molar-refractivity contribution in [1.29, 1.82) is 0 Å². The molecule has 0 aliphatic rings. The summed E-state index contributed by atoms with van der Waals surface area (Å²) in [5.74, 6) is 0.367. The Morgan fingerprint density at radius 3 is 2.70 bits per heavy atom. The molecule has 3 rings (SSSR count). The van der Waals surface area contributed by atoms with Crippen molar-refractivity contribution in [1.82, 2.24) is 15.1 Å². The Morgan fingerprint density at radius 1 is 1.05 bits per heavy atom. The topological polar surface area (TPSA) is 92.3 Å². The quantitative estimate of drug-likeness (QED) is 0.708. The number of phenolic OH excluding ortho intramolecular Hbond substituents is 2. The van der Waals surface area contributed by atoms with E-state index in [1.165, 1.54) is 12.1 Å². The fourth-order valence-corrected chi connectivity index (χ4v) is 1.76. The predicted octanol–water partition coefficient (Wildman–Crippen LogP) is 2.13. The number of phenols is 2. The molecule has 2 N–H and O–H groups in total. The molecular formula is C14H11N3O3. The average molecular weight is 269 g/mol. The van der Waals surface area contributed by atoms with Gasteiger partial charge in [0.2, 0.25) is 0 Å². The summed E-state index contributed by atoms with van der Waals surface area (Å²) in [4.78, 5) is 8.42. The van der Waals surface area contributed by atoms with E-state index < -0.39 is 0 Å². The number of rotatable bonds is 3. The highest BCUT2D eigenvalue weighted by atomic mass is 16.5. The van der Waals surface area contributed by atoms with Gasteiger partial charge in [-0.15, -0.1) is 0 Å². The summed E-state index contributed by atoms with van der Waals surface area (Å²) in [6, 6.07) is 9.93. The molecule has 6 heteroatoms. The summed E-state index contributed by atoms with van der Waals surface area (Å²) in [5.41, 5.74) is 1.38. The molecule has 0 aliphatic heterocycles. The number of nitrogens with zero attached hydrogens (tertiary/aromatic N) is 3. The van der Waals surface area contributed by atoms with E-state index in [-0.39, 0.29) is 17.4 Å². The molecule has 0 unspecified atom stereocenters. The molecular weight excluding hydrogens is 258 g/mol. The van der Waals surface area contributed by atoms with Gasteiger partial charge in [-0.05, 0) is 30.3 Å². The van der Waals surface area contributed by atoms with Gasteiger partial charge in [0, 0.05) is 17.5 Å². The molecule has 0 radical (unpaired) electrons. The standard InChI is InChI=1S/C14H11N3O3/c18-11-5-4-9(7-12(11)19)14-16-13(17-20-14)8-10-3-1-2-6-15-10/h1-7,18-19H,8H2. The Kier molecular flexibility index (Phi) is 3.04. The molecule has 20 heavy (non-hydrogen) atoms. The van der Waals surface area contributed by atoms with E-state index in [1.54, 1.807) is 12.3 Å². The lowest BCUT2D eigenvalue weighted by Crippen LogP contribution is -1.93. The molecule has 6 nitrogen and oxygen atoms in total. The Labute approximate surface area is 114 Å². The van der Waals surface area contributed by atoms with Crippen LogP contribution in [0.25, 0.3) is 11.5 Å². The van der Waals surface area contributed by atoms with Gasteiger partial charge in [0.1, 0.15) is 0 Å². The van der Waals surface area contributed by atoms with Crippen molar-refractivity contribution in [3.05, 3.63) is 54.1 Å². The summed E-state index contributed by atoms with van der Waals surface area (Å²) < 4.78 is 5.14. The third kappa shape index (κ3) is 2.44. The Morgan fingerprint density at radius 2 is 1.95 bits per heavy atom. The van der Waals surface area contributed by atoms with E-state index >= 15 is 0 Å². The maximum absolute atomic E-state index is 9.45. The highest BCUT2D eigenvalue weighted by Crippen LogP contribution is 2.29. The van der Waals surface area contributed by atoms with Gasteiger partial charge in [0.15, 0.2) is 17.3 Å². The van der Waals surface area contributed by atoms with Crippen LogP contribution < -0.4 is 0 Å². The summed E-state index contributed by atoms with van der Waals surface area (Å²) >= 11 is 0. The molecule has 0 bridgehead atoms. The highest BCUT2D eigenvalue weighted by Gasteiger charge is 2.11. The summed E-state index contributed by atoms with van der Waals surface area (Å²) in [7, 11) is 0. The summed E-state index contributed by atoms with van der Waals surface area (Å²) in [6.45, 7) is 0. The van der Waals surface area contributed by atoms with Gasteiger partial charge in [-0.1, -0.05) is 11.2 Å². The zero-order valence-corrected chi connectivity index (χ0v) is 10.4. The van der Waals surface area contributed by atoms with E-state index in [0.29, 0.717) is 17.8 Å². The monoisotopic (exact) mass is 269 g/mol. The zero-order chi connectivity index (χ0) is 13.9. The number of pyridine rings is 1. The van der Waals surface area contributed by atoms with E-state index in [9.17, 15) is 10.2 Å². The first kappa shape index (κ1) is 12.2. The van der Waals surface area contributed by atoms with Gasteiger partial charge < -0.3 is 14.7 Å². The van der Waals surface area contributed by atoms with E-state index in [1.807, 2.05) is 18.2 Å². The molecule has 0 spiro atoms. The molecule has 0 amide bonds. The number of hydrogen-bond acceptors (Lipinski definition) is 6. The first-order chi connectivity index (χ1) is 9.72. The fraction of sp³-hybridized carbons (Fsp3) is 0.0714. The van der Waals surface area contributed by atoms with Gasteiger partial charge in [-0.2, -0.15) is 4.98 Å². The van der Waals surface area contributed by atoms with Crippen molar-refractivity contribution in [3.8, 4) is 23.0 Å². The van der Waals surface area contributed by atoms with Crippen LogP contribution in [-0.2, 0) is 6.42 Å². The van der Waals surface area contributed by atoms with E-state index in [2.05, 4.69) is 15.1 Å². The Balaban J connectivity index is 1.84. The SMILES string of the molecule is Oc1ccc(-c2nc(Cc3ccccn3)no2)cc1O. The van der Waals surface area contributed by atoms with Crippen molar-refractivity contribution in [2.45, 2.75) is 6.42 Å². The maximum atomic E-state index is 9.45. The second-order valence-corrected chi connectivity index (χ2v) is 4.22. The normalized spacial score (nSPS) is 10.6. The highest BCUT2D eigenvalue weighted by molar-refractivity contribution is 5.58. The number of benzene rings is 1. The van der Waals surface area contributed by atoms with Crippen LogP contribution in [0.4, 0.5) is 0 Å². The van der Waals surface area contributed by atoms with Gasteiger partial charge in [-0.3, -0.25) is 4.98 Å². The number of aromatic hydroxyl groups is 2. The third-order valence-electron chi connectivity index (χ3n) is 2.76. The average Bonchev–Trinajstić information content (AvgIpc) is 2.91. The lowest BCUT2D eigenvalue weighted by atomic mass is 10.2. The van der Waals surface area contributed by atoms with E-state index in [0.717, 1.165) is 5.69 Å². The van der Waals surface area contributed by atoms with Crippen LogP contribution in [0.1, 0.15) is 11.5 Å². The van der Waals surface area contributed by atoms with Crippen molar-refractivity contribution in [2.75, 3.05) is 0 Å². The minimum Gasteiger partial charge on any atom is -0.504 e. The molecule has 0 fully saturated rings. The smallest absolute Gasteiger partial charge is 0.258 e. The molecule has 0 saturated heterocycles. The maximum Gasteiger partial charge on any atom is 0.258 e. The van der Waals surface area contributed by atoms with Crippen molar-refractivity contribution in [2.24, 2.45) is 0 Å². The molecule has 2 heterocycles. The fourth-order valence-electron chi connectivity index (χ4n) is 1.76. The van der Waals surface area contributed by atoms with Crippen molar-refractivity contribution >= 4 is 0 Å². The second kappa shape index (κ2) is 5.00. The summed E-state index contributed by atoms with van der Waals surface area (Å²) in [5, 5.41) is 22.6. The molecule has 0 saturated carbocycles. The van der Waals surface area contributed by atoms with Gasteiger partial charge >= 0.3 is 0 Å². The number of aromatic nitrogens is 3. The van der Waals surface area contributed by atoms with Gasteiger partial charge in [0.25, 0.3) is 5.89 Å². The molecule has 1 aromatic carbocycles. The molecule has 2 aromatic heterocycles. The van der Waals surface area contributed by atoms with Crippen LogP contribution in [0, 0.1) is 0 Å². The minimum absolute atomic E-state index is 0.193. The van der Waals surface area contributed by atoms with E-state index in [4.69, 9.17) is 4.52 Å². The molecule has 0 atom stereocenters. The van der Waals surface area contributed by atoms with Crippen LogP contribution in [0.3, 0.4) is 0 Å². The number of hydrogen-bond donors (Lipinski definition) is 2. The lowest BCUT2D eigenvalue weighted by molar-refractivity contribution is 0.402. The third-order valence-corrected chi connectivity index (χ3v) is 2.76.